The highest BCUT2D eigenvalue weighted by atomic mass is 14.2. The number of hydrogen-bond acceptors (Lipinski definition) is 0. The van der Waals surface area contributed by atoms with Crippen LogP contribution in [-0.2, 0) is 0 Å². The maximum atomic E-state index is 3.98. The van der Waals surface area contributed by atoms with Gasteiger partial charge in [0.05, 0.1) is 18.8 Å². The number of hydrogen-bond donors (Lipinski definition) is 0. The minimum absolute atomic E-state index is 0.788. The third-order valence-corrected chi connectivity index (χ3v) is 2.49. The van der Waals surface area contributed by atoms with Gasteiger partial charge < -0.3 is 0 Å². The first-order valence-corrected chi connectivity index (χ1v) is 4.19. The molecule has 0 radical (unpaired) electrons. The molecule has 2 unspecified atom stereocenters. The fourth-order valence-corrected chi connectivity index (χ4v) is 1.54. The first kappa shape index (κ1) is 7.71. The van der Waals surface area contributed by atoms with Crippen LogP contribution in [-0.4, -0.2) is 0 Å². The zero-order valence-electron chi connectivity index (χ0n) is 7.06. The Morgan fingerprint density at radius 3 is 2.60 bits per heavy atom. The van der Waals surface area contributed by atoms with Gasteiger partial charge in [-0.2, -0.15) is 0 Å². The summed E-state index contributed by atoms with van der Waals surface area (Å²) in [4.78, 5) is 0. The molecule has 0 saturated heterocycles. The second-order valence-corrected chi connectivity index (χ2v) is 3.57. The van der Waals surface area contributed by atoms with Crippen molar-refractivity contribution in [2.75, 3.05) is 0 Å². The molecule has 1 aliphatic rings. The molecule has 0 heterocycles. The van der Waals surface area contributed by atoms with Crippen molar-refractivity contribution in [3.05, 3.63) is 18.6 Å². The van der Waals surface area contributed by atoms with Gasteiger partial charge in [-0.25, -0.2) is 0 Å². The summed E-state index contributed by atoms with van der Waals surface area (Å²) in [5, 5.41) is 0. The van der Waals surface area contributed by atoms with E-state index in [1.807, 2.05) is 0 Å². The predicted molar refractivity (Wildman–Crippen MR) is 45.6 cm³/mol. The molecule has 0 bridgehead atoms. The topological polar surface area (TPSA) is 0 Å². The van der Waals surface area contributed by atoms with Crippen molar-refractivity contribution in [3.63, 3.8) is 0 Å². The molecule has 0 aromatic carbocycles. The zero-order valence-corrected chi connectivity index (χ0v) is 7.06. The van der Waals surface area contributed by atoms with Gasteiger partial charge in [0.1, 0.15) is 0 Å². The molecule has 2 atom stereocenters. The molecule has 1 fully saturated rings. The van der Waals surface area contributed by atoms with Crippen LogP contribution in [0.5, 0.6) is 0 Å². The van der Waals surface area contributed by atoms with Crippen molar-refractivity contribution in [1.82, 2.24) is 0 Å². The Bertz CT molecular complexity index is 116. The van der Waals surface area contributed by atoms with E-state index in [4.69, 9.17) is 0 Å². The van der Waals surface area contributed by atoms with E-state index in [-0.39, 0.29) is 0 Å². The quantitative estimate of drug-likeness (QED) is 0.384. The van der Waals surface area contributed by atoms with Crippen LogP contribution < -0.4 is 0 Å². The summed E-state index contributed by atoms with van der Waals surface area (Å²) < 4.78 is 0. The van der Waals surface area contributed by atoms with Crippen LogP contribution >= 0.6 is 0 Å². The molecule has 1 rings (SSSR count). The van der Waals surface area contributed by atoms with Gasteiger partial charge >= 0.3 is 0 Å². The lowest BCUT2D eigenvalue weighted by Crippen LogP contribution is -2.13. The molecular weight excluding hydrogens is 120 g/mol. The summed E-state index contributed by atoms with van der Waals surface area (Å²) in [5.41, 5.74) is 1.36. The fraction of sp³-hybridized carbons (Fsp3) is 0.700. The summed E-state index contributed by atoms with van der Waals surface area (Å²) in [6, 6.07) is 0. The summed E-state index contributed by atoms with van der Waals surface area (Å²) in [5.74, 6) is 1.63. The van der Waals surface area contributed by atoms with E-state index in [0.717, 1.165) is 11.8 Å². The van der Waals surface area contributed by atoms with Gasteiger partial charge in [0.25, 0.3) is 0 Å². The molecule has 0 heteroatoms. The van der Waals surface area contributed by atoms with Crippen molar-refractivity contribution in [2.24, 2.45) is 11.8 Å². The number of rotatable bonds is 1. The third kappa shape index (κ3) is 1.80. The van der Waals surface area contributed by atoms with Crippen molar-refractivity contribution in [1.29, 1.82) is 0 Å². The molecule has 1 saturated carbocycles. The van der Waals surface area contributed by atoms with Crippen molar-refractivity contribution in [2.45, 2.75) is 33.1 Å². The molecule has 0 nitrogen and oxygen atoms in total. The Morgan fingerprint density at radius 1 is 1.50 bits per heavy atom. The Balaban J connectivity index is 2.33. The third-order valence-electron chi connectivity index (χ3n) is 2.49. The van der Waals surface area contributed by atoms with Gasteiger partial charge in [0, 0.05) is 5.92 Å². The lowest BCUT2D eigenvalue weighted by Gasteiger charge is -2.19. The molecule has 0 N–H and O–H groups in total. The average Bonchev–Trinajstić information content (AvgIpc) is 1.88. The van der Waals surface area contributed by atoms with Crippen molar-refractivity contribution < 1.29 is 0 Å². The first-order valence-electron chi connectivity index (χ1n) is 4.19. The van der Waals surface area contributed by atoms with Gasteiger partial charge in [-0.1, -0.05) is 12.2 Å². The van der Waals surface area contributed by atoms with Crippen LogP contribution in [0.4, 0.5) is 0 Å². The SMILES string of the molecule is C=C(C)C1C[CH+]C(C)CC1. The Morgan fingerprint density at radius 2 is 2.20 bits per heavy atom. The molecule has 1 aliphatic carbocycles. The van der Waals surface area contributed by atoms with E-state index in [2.05, 4.69) is 26.8 Å². The highest BCUT2D eigenvalue weighted by Gasteiger charge is 2.25. The molecule has 0 aromatic rings. The highest BCUT2D eigenvalue weighted by Crippen LogP contribution is 2.31. The minimum atomic E-state index is 0.788. The van der Waals surface area contributed by atoms with E-state index in [1.54, 1.807) is 0 Å². The van der Waals surface area contributed by atoms with Crippen LogP contribution in [0.2, 0.25) is 0 Å². The molecule has 0 amide bonds. The van der Waals surface area contributed by atoms with Crippen LogP contribution in [0.25, 0.3) is 0 Å². The summed E-state index contributed by atoms with van der Waals surface area (Å²) >= 11 is 0. The van der Waals surface area contributed by atoms with Gasteiger partial charge in [0.2, 0.25) is 0 Å². The van der Waals surface area contributed by atoms with Gasteiger partial charge in [-0.3, -0.25) is 0 Å². The van der Waals surface area contributed by atoms with E-state index in [9.17, 15) is 0 Å². The summed E-state index contributed by atoms with van der Waals surface area (Å²) in [7, 11) is 0. The van der Waals surface area contributed by atoms with E-state index in [1.165, 1.54) is 24.8 Å². The second-order valence-electron chi connectivity index (χ2n) is 3.57. The van der Waals surface area contributed by atoms with Crippen LogP contribution in [0.15, 0.2) is 12.2 Å². The first-order chi connectivity index (χ1) is 4.70. The maximum absolute atomic E-state index is 3.98. The molecular formula is C10H17+. The number of allylic oxidation sites excluding steroid dienone is 1. The molecule has 0 aliphatic heterocycles. The van der Waals surface area contributed by atoms with E-state index in [0.29, 0.717) is 0 Å². The van der Waals surface area contributed by atoms with E-state index >= 15 is 0 Å². The zero-order chi connectivity index (χ0) is 7.56. The molecule has 0 aromatic heterocycles. The average molecular weight is 137 g/mol. The van der Waals surface area contributed by atoms with Gasteiger partial charge in [-0.15, -0.1) is 0 Å². The monoisotopic (exact) mass is 137 g/mol. The van der Waals surface area contributed by atoms with Gasteiger partial charge in [0.15, 0.2) is 0 Å². The van der Waals surface area contributed by atoms with Crippen LogP contribution in [0.1, 0.15) is 33.1 Å². The minimum Gasteiger partial charge on any atom is -0.0997 e. The molecule has 10 heavy (non-hydrogen) atoms. The van der Waals surface area contributed by atoms with Crippen molar-refractivity contribution >= 4 is 0 Å². The van der Waals surface area contributed by atoms with Crippen LogP contribution in [0, 0.1) is 18.3 Å². The maximum Gasteiger partial charge on any atom is 0.0950 e. The van der Waals surface area contributed by atoms with E-state index < -0.39 is 0 Å². The Kier molecular flexibility index (Phi) is 2.42. The van der Waals surface area contributed by atoms with Crippen LogP contribution in [0.3, 0.4) is 0 Å². The summed E-state index contributed by atoms with van der Waals surface area (Å²) in [6.07, 6.45) is 6.41. The highest BCUT2D eigenvalue weighted by molar-refractivity contribution is 5.01. The second kappa shape index (κ2) is 3.14. The van der Waals surface area contributed by atoms with Gasteiger partial charge in [-0.05, 0) is 26.7 Å². The largest absolute Gasteiger partial charge is 0.0997 e. The summed E-state index contributed by atoms with van der Waals surface area (Å²) in [6.45, 7) is 8.43. The standard InChI is InChI=1S/C10H17/c1-8(2)10-6-4-9(3)5-7-10/h4,9-10H,1,5-7H2,2-3H3/q+1. The molecule has 0 spiro atoms. The van der Waals surface area contributed by atoms with Crippen molar-refractivity contribution in [3.8, 4) is 0 Å². The lowest BCUT2D eigenvalue weighted by molar-refractivity contribution is 0.396. The molecule has 56 valence electrons. The smallest absolute Gasteiger partial charge is 0.0950 e. The fourth-order valence-electron chi connectivity index (χ4n) is 1.54. The predicted octanol–water partition coefficient (Wildman–Crippen LogP) is 3.20. The lowest BCUT2D eigenvalue weighted by atomic mass is 9.80. The Labute approximate surface area is 64.3 Å². The Hall–Kier alpha value is -0.390. The normalized spacial score (nSPS) is 33.0.